The number of alkyl halides is 1. The molecule has 0 N–H and O–H groups in total. The highest BCUT2D eigenvalue weighted by Gasteiger charge is 2.06. The van der Waals surface area contributed by atoms with Crippen LogP contribution in [-0.2, 0) is 9.53 Å². The van der Waals surface area contributed by atoms with Crippen molar-refractivity contribution in [2.45, 2.75) is 52.1 Å². The Labute approximate surface area is 85.6 Å². The van der Waals surface area contributed by atoms with Crippen molar-refractivity contribution in [1.82, 2.24) is 0 Å². The maximum Gasteiger partial charge on any atom is 0.321 e. The number of carbonyl (C=O) groups excluding carboxylic acids is 1. The molecule has 0 aromatic heterocycles. The van der Waals surface area contributed by atoms with Crippen molar-refractivity contribution in [3.63, 3.8) is 0 Å². The topological polar surface area (TPSA) is 26.3 Å². The summed E-state index contributed by atoms with van der Waals surface area (Å²) in [5, 5.41) is 0. The predicted octanol–water partition coefficient (Wildman–Crippen LogP) is 3.13. The molecular formula is C10H19ClO2. The van der Waals surface area contributed by atoms with E-state index in [1.54, 1.807) is 0 Å². The Morgan fingerprint density at radius 3 is 2.62 bits per heavy atom. The van der Waals surface area contributed by atoms with Crippen LogP contribution in [0.2, 0.25) is 0 Å². The van der Waals surface area contributed by atoms with Gasteiger partial charge in [0.25, 0.3) is 0 Å². The molecule has 0 amide bonds. The Kier molecular flexibility index (Phi) is 8.21. The Balaban J connectivity index is 3.29. The highest BCUT2D eigenvalue weighted by atomic mass is 35.5. The van der Waals surface area contributed by atoms with Crippen LogP contribution in [0.25, 0.3) is 0 Å². The number of rotatable bonds is 7. The van der Waals surface area contributed by atoms with E-state index >= 15 is 0 Å². The van der Waals surface area contributed by atoms with Gasteiger partial charge in [0, 0.05) is 0 Å². The van der Waals surface area contributed by atoms with Crippen molar-refractivity contribution in [1.29, 1.82) is 0 Å². The fraction of sp³-hybridized carbons (Fsp3) is 0.900. The number of ether oxygens (including phenoxy) is 1. The standard InChI is InChI=1S/C10H19ClO2/c1-3-4-5-6-7-9(2)13-10(12)8-11/h9H,3-8H2,1-2H3. The van der Waals surface area contributed by atoms with Crippen LogP contribution in [0.4, 0.5) is 0 Å². The molecule has 1 atom stereocenters. The quantitative estimate of drug-likeness (QED) is 0.364. The van der Waals surface area contributed by atoms with Crippen molar-refractivity contribution in [2.24, 2.45) is 0 Å². The number of esters is 1. The third kappa shape index (κ3) is 8.10. The van der Waals surface area contributed by atoms with Crippen molar-refractivity contribution in [3.05, 3.63) is 0 Å². The monoisotopic (exact) mass is 206 g/mol. The van der Waals surface area contributed by atoms with E-state index in [9.17, 15) is 4.79 Å². The van der Waals surface area contributed by atoms with Gasteiger partial charge in [0.15, 0.2) is 0 Å². The average molecular weight is 207 g/mol. The van der Waals surface area contributed by atoms with Crippen LogP contribution in [0.3, 0.4) is 0 Å². The molecule has 0 aliphatic heterocycles. The molecule has 0 aliphatic rings. The number of hydrogen-bond donors (Lipinski definition) is 0. The Morgan fingerprint density at radius 2 is 2.08 bits per heavy atom. The van der Waals surface area contributed by atoms with Gasteiger partial charge in [-0.2, -0.15) is 0 Å². The minimum atomic E-state index is -0.315. The molecule has 3 heteroatoms. The minimum absolute atomic E-state index is 0.0168. The van der Waals surface area contributed by atoms with E-state index in [1.807, 2.05) is 6.92 Å². The van der Waals surface area contributed by atoms with Crippen LogP contribution in [0.1, 0.15) is 46.0 Å². The Morgan fingerprint density at radius 1 is 1.38 bits per heavy atom. The fourth-order valence-corrected chi connectivity index (χ4v) is 1.24. The first-order chi connectivity index (χ1) is 6.20. The summed E-state index contributed by atoms with van der Waals surface area (Å²) in [7, 11) is 0. The molecule has 1 unspecified atom stereocenters. The second kappa shape index (κ2) is 8.36. The van der Waals surface area contributed by atoms with Crippen LogP contribution < -0.4 is 0 Å². The van der Waals surface area contributed by atoms with Crippen molar-refractivity contribution in [2.75, 3.05) is 5.88 Å². The zero-order valence-corrected chi connectivity index (χ0v) is 9.27. The van der Waals surface area contributed by atoms with Gasteiger partial charge in [0.05, 0.1) is 6.10 Å². The SMILES string of the molecule is CCCCCCC(C)OC(=O)CCl. The molecule has 0 heterocycles. The van der Waals surface area contributed by atoms with Gasteiger partial charge in [-0.15, -0.1) is 11.6 Å². The lowest BCUT2D eigenvalue weighted by Gasteiger charge is -2.11. The largest absolute Gasteiger partial charge is 0.462 e. The number of hydrogen-bond acceptors (Lipinski definition) is 2. The molecule has 0 bridgehead atoms. The first-order valence-electron chi connectivity index (χ1n) is 4.96. The summed E-state index contributed by atoms with van der Waals surface area (Å²) >= 11 is 5.31. The zero-order chi connectivity index (χ0) is 10.1. The molecule has 2 nitrogen and oxygen atoms in total. The van der Waals surface area contributed by atoms with Crippen molar-refractivity contribution < 1.29 is 9.53 Å². The van der Waals surface area contributed by atoms with Gasteiger partial charge < -0.3 is 4.74 Å². The van der Waals surface area contributed by atoms with Gasteiger partial charge in [-0.25, -0.2) is 0 Å². The number of halogens is 1. The molecule has 0 radical (unpaired) electrons. The summed E-state index contributed by atoms with van der Waals surface area (Å²) in [6.45, 7) is 4.09. The first kappa shape index (κ1) is 12.8. The smallest absolute Gasteiger partial charge is 0.321 e. The summed E-state index contributed by atoms with van der Waals surface area (Å²) < 4.78 is 5.01. The lowest BCUT2D eigenvalue weighted by atomic mass is 10.1. The second-order valence-corrected chi connectivity index (χ2v) is 3.55. The van der Waals surface area contributed by atoms with Crippen molar-refractivity contribution >= 4 is 17.6 Å². The van der Waals surface area contributed by atoms with Gasteiger partial charge >= 0.3 is 5.97 Å². The fourth-order valence-electron chi connectivity index (χ4n) is 1.17. The van der Waals surface area contributed by atoms with E-state index in [4.69, 9.17) is 16.3 Å². The van der Waals surface area contributed by atoms with Crippen molar-refractivity contribution in [3.8, 4) is 0 Å². The lowest BCUT2D eigenvalue weighted by Crippen LogP contribution is -2.15. The van der Waals surface area contributed by atoms with Crippen LogP contribution >= 0.6 is 11.6 Å². The number of carbonyl (C=O) groups is 1. The second-order valence-electron chi connectivity index (χ2n) is 3.28. The highest BCUT2D eigenvalue weighted by Crippen LogP contribution is 2.08. The van der Waals surface area contributed by atoms with E-state index < -0.39 is 0 Å². The van der Waals surface area contributed by atoms with E-state index in [0.717, 1.165) is 12.8 Å². The van der Waals surface area contributed by atoms with Crippen LogP contribution in [0, 0.1) is 0 Å². The van der Waals surface area contributed by atoms with E-state index in [0.29, 0.717) is 0 Å². The molecule has 0 spiro atoms. The summed E-state index contributed by atoms with van der Waals surface area (Å²) in [5.41, 5.74) is 0. The number of unbranched alkanes of at least 4 members (excludes halogenated alkanes) is 3. The van der Waals surface area contributed by atoms with Crippen LogP contribution in [0.5, 0.6) is 0 Å². The molecule has 0 saturated carbocycles. The summed E-state index contributed by atoms with van der Waals surface area (Å²) in [4.78, 5) is 10.8. The minimum Gasteiger partial charge on any atom is -0.462 e. The van der Waals surface area contributed by atoms with Gasteiger partial charge in [0.1, 0.15) is 5.88 Å². The van der Waals surface area contributed by atoms with Crippen LogP contribution in [-0.4, -0.2) is 18.0 Å². The predicted molar refractivity (Wildman–Crippen MR) is 55.0 cm³/mol. The van der Waals surface area contributed by atoms with Gasteiger partial charge in [-0.05, 0) is 19.8 Å². The maximum atomic E-state index is 10.8. The zero-order valence-electron chi connectivity index (χ0n) is 8.51. The first-order valence-corrected chi connectivity index (χ1v) is 5.49. The lowest BCUT2D eigenvalue weighted by molar-refractivity contribution is -0.145. The van der Waals surface area contributed by atoms with Gasteiger partial charge in [0.2, 0.25) is 0 Å². The maximum absolute atomic E-state index is 10.8. The molecule has 78 valence electrons. The van der Waals surface area contributed by atoms with E-state index in [-0.39, 0.29) is 18.0 Å². The third-order valence-corrected chi connectivity index (χ3v) is 2.12. The molecule has 0 rings (SSSR count). The third-order valence-electron chi connectivity index (χ3n) is 1.91. The highest BCUT2D eigenvalue weighted by molar-refractivity contribution is 6.26. The molecule has 0 aliphatic carbocycles. The molecule has 0 saturated heterocycles. The Hall–Kier alpha value is -0.240. The normalized spacial score (nSPS) is 12.5. The summed E-state index contributed by atoms with van der Waals surface area (Å²) in [5.74, 6) is -0.357. The molecule has 0 aromatic rings. The van der Waals surface area contributed by atoms with E-state index in [1.165, 1.54) is 19.3 Å². The molecule has 0 fully saturated rings. The average Bonchev–Trinajstić information content (AvgIpc) is 2.12. The van der Waals surface area contributed by atoms with E-state index in [2.05, 4.69) is 6.92 Å². The van der Waals surface area contributed by atoms with Gasteiger partial charge in [-0.3, -0.25) is 4.79 Å². The molecule has 0 aromatic carbocycles. The van der Waals surface area contributed by atoms with Gasteiger partial charge in [-0.1, -0.05) is 26.2 Å². The van der Waals surface area contributed by atoms with Crippen LogP contribution in [0.15, 0.2) is 0 Å². The summed E-state index contributed by atoms with van der Waals surface area (Å²) in [6.07, 6.45) is 5.81. The molecule has 13 heavy (non-hydrogen) atoms. The summed E-state index contributed by atoms with van der Waals surface area (Å²) in [6, 6.07) is 0. The Bertz CT molecular complexity index is 137. The molecular weight excluding hydrogens is 188 g/mol.